The number of hydrogen-bond donors (Lipinski definition) is 0. The number of piperazine rings is 1. The fourth-order valence-electron chi connectivity index (χ4n) is 3.63. The number of halogens is 4. The summed E-state index contributed by atoms with van der Waals surface area (Å²) in [6.07, 6.45) is 0.722. The Kier molecular flexibility index (Phi) is 8.29. The van der Waals surface area contributed by atoms with Crippen LogP contribution in [0.4, 0.5) is 4.39 Å². The van der Waals surface area contributed by atoms with E-state index in [2.05, 4.69) is 59.6 Å². The lowest BCUT2D eigenvalue weighted by Gasteiger charge is -2.44. The van der Waals surface area contributed by atoms with E-state index >= 15 is 0 Å². The molecule has 2 atom stereocenters. The number of benzene rings is 2. The number of nitrogens with zero attached hydrogens (tertiary/aromatic N) is 2. The lowest BCUT2D eigenvalue weighted by Crippen LogP contribution is -2.58. The zero-order chi connectivity index (χ0) is 22.7. The van der Waals surface area contributed by atoms with Crippen molar-refractivity contribution in [3.05, 3.63) is 60.7 Å². The Morgan fingerprint density at radius 1 is 1.13 bits per heavy atom. The molecule has 0 spiro atoms. The van der Waals surface area contributed by atoms with Crippen LogP contribution in [0.15, 0.2) is 43.7 Å². The van der Waals surface area contributed by atoms with Gasteiger partial charge in [0.25, 0.3) is 5.91 Å². The van der Waals surface area contributed by atoms with Crippen molar-refractivity contribution in [1.29, 1.82) is 0 Å². The minimum atomic E-state index is -0.245. The van der Waals surface area contributed by atoms with Gasteiger partial charge < -0.3 is 9.64 Å². The Morgan fingerprint density at radius 3 is 2.45 bits per heavy atom. The Balaban J connectivity index is 1.63. The van der Waals surface area contributed by atoms with Crippen LogP contribution in [-0.2, 0) is 11.3 Å². The lowest BCUT2D eigenvalue weighted by atomic mass is 10.1. The first kappa shape index (κ1) is 24.4. The second kappa shape index (κ2) is 10.6. The first-order valence-corrected chi connectivity index (χ1v) is 12.1. The maximum atomic E-state index is 13.2. The van der Waals surface area contributed by atoms with Gasteiger partial charge in [-0.3, -0.25) is 14.5 Å². The molecule has 1 amide bonds. The van der Waals surface area contributed by atoms with Gasteiger partial charge in [0.1, 0.15) is 11.6 Å². The van der Waals surface area contributed by atoms with E-state index in [4.69, 9.17) is 4.74 Å². The molecule has 0 unspecified atom stereocenters. The highest BCUT2D eigenvalue weighted by Gasteiger charge is 2.32. The molecule has 5 nitrogen and oxygen atoms in total. The molecule has 0 aliphatic carbocycles. The number of carbonyl (C=O) groups excluding carboxylic acids is 2. The van der Waals surface area contributed by atoms with Gasteiger partial charge in [0.05, 0.1) is 8.95 Å². The van der Waals surface area contributed by atoms with Gasteiger partial charge in [-0.25, -0.2) is 4.39 Å². The summed E-state index contributed by atoms with van der Waals surface area (Å²) in [4.78, 5) is 28.3. The zero-order valence-electron chi connectivity index (χ0n) is 17.1. The van der Waals surface area contributed by atoms with Crippen molar-refractivity contribution in [1.82, 2.24) is 9.80 Å². The summed E-state index contributed by atoms with van der Waals surface area (Å²) >= 11 is 10.1. The number of amides is 1. The maximum absolute atomic E-state index is 13.2. The molecule has 0 bridgehead atoms. The highest BCUT2D eigenvalue weighted by Crippen LogP contribution is 2.39. The van der Waals surface area contributed by atoms with Gasteiger partial charge in [0, 0.05) is 41.8 Å². The molecule has 0 saturated carbocycles. The molecule has 2 aromatic rings. The van der Waals surface area contributed by atoms with Crippen LogP contribution in [0.25, 0.3) is 0 Å². The van der Waals surface area contributed by atoms with Gasteiger partial charge in [-0.2, -0.15) is 0 Å². The average Bonchev–Trinajstić information content (AvgIpc) is 2.71. The van der Waals surface area contributed by atoms with E-state index in [1.165, 1.54) is 12.1 Å². The number of carbonyl (C=O) groups is 2. The summed E-state index contributed by atoms with van der Waals surface area (Å²) in [5, 5.41) is 0. The first-order chi connectivity index (χ1) is 14.7. The van der Waals surface area contributed by atoms with Gasteiger partial charge in [-0.1, -0.05) is 12.1 Å². The molecule has 1 aliphatic rings. The highest BCUT2D eigenvalue weighted by molar-refractivity contribution is 9.11. The van der Waals surface area contributed by atoms with Crippen LogP contribution in [0, 0.1) is 5.82 Å². The standard InChI is InChI=1S/C22H22Br3FN2O3/c1-13-9-28(14(2)8-27(13)10-15-3-5-16(26)6-4-15)20(30)12-31-22-19(24)7-18(23)17(11-29)21(22)25/h3-7,11,13-14H,8-10,12H2,1-2H3/t13-,14+/m1/s1. The highest BCUT2D eigenvalue weighted by atomic mass is 79.9. The molecular formula is C22H22Br3FN2O3. The number of hydrogen-bond acceptors (Lipinski definition) is 4. The van der Waals surface area contributed by atoms with Crippen LogP contribution in [0.2, 0.25) is 0 Å². The summed E-state index contributed by atoms with van der Waals surface area (Å²) in [5.41, 5.74) is 1.46. The van der Waals surface area contributed by atoms with Crippen LogP contribution in [-0.4, -0.2) is 53.8 Å². The van der Waals surface area contributed by atoms with E-state index in [1.54, 1.807) is 18.2 Å². The van der Waals surface area contributed by atoms with Crippen molar-refractivity contribution < 1.29 is 18.7 Å². The second-order valence-corrected chi connectivity index (χ2v) is 10.1. The van der Waals surface area contributed by atoms with E-state index in [0.29, 0.717) is 44.4 Å². The quantitative estimate of drug-likeness (QED) is 0.405. The van der Waals surface area contributed by atoms with Crippen molar-refractivity contribution in [2.45, 2.75) is 32.5 Å². The smallest absolute Gasteiger partial charge is 0.260 e. The molecular weight excluding hydrogens is 599 g/mol. The number of rotatable bonds is 6. The predicted octanol–water partition coefficient (Wildman–Crippen LogP) is 5.43. The summed E-state index contributed by atoms with van der Waals surface area (Å²) in [6, 6.07) is 8.39. The van der Waals surface area contributed by atoms with Crippen molar-refractivity contribution >= 4 is 60.0 Å². The first-order valence-electron chi connectivity index (χ1n) is 9.74. The van der Waals surface area contributed by atoms with Crippen molar-refractivity contribution in [2.75, 3.05) is 19.7 Å². The molecule has 1 fully saturated rings. The summed E-state index contributed by atoms with van der Waals surface area (Å²) < 4.78 is 20.7. The maximum Gasteiger partial charge on any atom is 0.260 e. The van der Waals surface area contributed by atoms with Crippen LogP contribution in [0.5, 0.6) is 5.75 Å². The fourth-order valence-corrected chi connectivity index (χ4v) is 6.17. The van der Waals surface area contributed by atoms with Crippen molar-refractivity contribution in [2.24, 2.45) is 0 Å². The molecule has 3 rings (SSSR count). The SMILES string of the molecule is C[C@@H]1CN(C(=O)COc2c(Br)cc(Br)c(C=O)c2Br)[C@@H](C)CN1Cc1ccc(F)cc1. The fraction of sp³-hybridized carbons (Fsp3) is 0.364. The van der Waals surface area contributed by atoms with E-state index in [9.17, 15) is 14.0 Å². The van der Waals surface area contributed by atoms with E-state index in [1.807, 2.05) is 11.8 Å². The van der Waals surface area contributed by atoms with Crippen LogP contribution in [0.1, 0.15) is 29.8 Å². The van der Waals surface area contributed by atoms with E-state index in [0.717, 1.165) is 11.8 Å². The number of ether oxygens (including phenoxy) is 1. The molecule has 9 heteroatoms. The molecule has 166 valence electrons. The van der Waals surface area contributed by atoms with E-state index in [-0.39, 0.29) is 30.4 Å². The molecule has 0 aromatic heterocycles. The Morgan fingerprint density at radius 2 is 1.81 bits per heavy atom. The molecule has 31 heavy (non-hydrogen) atoms. The second-order valence-electron chi connectivity index (χ2n) is 7.60. The molecule has 1 aliphatic heterocycles. The van der Waals surface area contributed by atoms with Crippen molar-refractivity contribution in [3.8, 4) is 5.75 Å². The van der Waals surface area contributed by atoms with Gasteiger partial charge >= 0.3 is 0 Å². The lowest BCUT2D eigenvalue weighted by molar-refractivity contribution is -0.139. The van der Waals surface area contributed by atoms with Crippen molar-refractivity contribution in [3.63, 3.8) is 0 Å². The Labute approximate surface area is 206 Å². The minimum Gasteiger partial charge on any atom is -0.481 e. The molecule has 2 aromatic carbocycles. The molecule has 1 heterocycles. The largest absolute Gasteiger partial charge is 0.481 e. The number of aldehydes is 1. The van der Waals surface area contributed by atoms with Crippen LogP contribution in [0.3, 0.4) is 0 Å². The molecule has 1 saturated heterocycles. The zero-order valence-corrected chi connectivity index (χ0v) is 21.8. The minimum absolute atomic E-state index is 0.00934. The monoisotopic (exact) mass is 618 g/mol. The van der Waals surface area contributed by atoms with Gasteiger partial charge in [-0.15, -0.1) is 0 Å². The third-order valence-corrected chi connectivity index (χ3v) is 7.39. The topological polar surface area (TPSA) is 49.9 Å². The summed E-state index contributed by atoms with van der Waals surface area (Å²) in [6.45, 7) is 5.95. The summed E-state index contributed by atoms with van der Waals surface area (Å²) in [7, 11) is 0. The normalized spacial score (nSPS) is 19.4. The van der Waals surface area contributed by atoms with Crippen LogP contribution >= 0.6 is 47.8 Å². The van der Waals surface area contributed by atoms with Gasteiger partial charge in [-0.05, 0) is 85.4 Å². The van der Waals surface area contributed by atoms with E-state index < -0.39 is 0 Å². The third kappa shape index (κ3) is 5.74. The Bertz CT molecular complexity index is 971. The molecule has 0 radical (unpaired) electrons. The van der Waals surface area contributed by atoms with Crippen LogP contribution < -0.4 is 4.74 Å². The van der Waals surface area contributed by atoms with Gasteiger partial charge in [0.2, 0.25) is 0 Å². The third-order valence-electron chi connectivity index (χ3n) is 5.36. The van der Waals surface area contributed by atoms with Gasteiger partial charge in [0.15, 0.2) is 12.9 Å². The molecule has 0 N–H and O–H groups in total. The predicted molar refractivity (Wildman–Crippen MR) is 128 cm³/mol. The average molecular weight is 621 g/mol. The summed E-state index contributed by atoms with van der Waals surface area (Å²) in [5.74, 6) is 0.0503. The Hall–Kier alpha value is -1.29.